The summed E-state index contributed by atoms with van der Waals surface area (Å²) < 4.78 is 20.4. The Kier molecular flexibility index (Phi) is 6.99. The minimum absolute atomic E-state index is 0.110. The van der Waals surface area contributed by atoms with Crippen LogP contribution in [-0.2, 0) is 4.74 Å². The van der Waals surface area contributed by atoms with Crippen LogP contribution in [0.3, 0.4) is 0 Å². The van der Waals surface area contributed by atoms with Crippen molar-refractivity contribution in [3.05, 3.63) is 53.8 Å². The molecule has 158 valence electrons. The van der Waals surface area contributed by atoms with E-state index in [2.05, 4.69) is 16.8 Å². The zero-order chi connectivity index (χ0) is 20.9. The van der Waals surface area contributed by atoms with E-state index in [4.69, 9.17) is 4.74 Å². The van der Waals surface area contributed by atoms with Gasteiger partial charge in [-0.15, -0.1) is 11.8 Å². The second-order valence-corrected chi connectivity index (χ2v) is 9.30. The average Bonchev–Trinajstić information content (AvgIpc) is 3.20. The highest BCUT2D eigenvalue weighted by molar-refractivity contribution is 7.99. The first-order valence-corrected chi connectivity index (χ1v) is 11.9. The van der Waals surface area contributed by atoms with Gasteiger partial charge in [0.05, 0.1) is 17.9 Å². The number of para-hydroxylation sites is 1. The molecule has 5 nitrogen and oxygen atoms in total. The molecule has 1 fully saturated rings. The summed E-state index contributed by atoms with van der Waals surface area (Å²) in [6.07, 6.45) is 0. The molecule has 1 aliphatic rings. The lowest BCUT2D eigenvalue weighted by Gasteiger charge is -2.29. The summed E-state index contributed by atoms with van der Waals surface area (Å²) in [7, 11) is 0. The van der Waals surface area contributed by atoms with E-state index in [9.17, 15) is 9.18 Å². The van der Waals surface area contributed by atoms with Crippen LogP contribution in [0.5, 0.6) is 0 Å². The van der Waals surface area contributed by atoms with Gasteiger partial charge in [-0.3, -0.25) is 14.6 Å². The van der Waals surface area contributed by atoms with Crippen LogP contribution in [0.25, 0.3) is 10.2 Å². The molecule has 4 rings (SSSR count). The van der Waals surface area contributed by atoms with Gasteiger partial charge < -0.3 is 4.74 Å². The van der Waals surface area contributed by atoms with Crippen molar-refractivity contribution in [2.45, 2.75) is 11.8 Å². The number of carbonyl (C=O) groups is 1. The Morgan fingerprint density at radius 2 is 2.07 bits per heavy atom. The van der Waals surface area contributed by atoms with Gasteiger partial charge in [0.1, 0.15) is 11.3 Å². The molecule has 0 saturated carbocycles. The third-order valence-electron chi connectivity index (χ3n) is 4.97. The highest BCUT2D eigenvalue weighted by atomic mass is 32.2. The van der Waals surface area contributed by atoms with E-state index in [1.54, 1.807) is 22.7 Å². The lowest BCUT2D eigenvalue weighted by atomic mass is 10.2. The molecule has 30 heavy (non-hydrogen) atoms. The van der Waals surface area contributed by atoms with Gasteiger partial charge in [-0.25, -0.2) is 9.37 Å². The van der Waals surface area contributed by atoms with Crippen LogP contribution in [0, 0.1) is 5.82 Å². The maximum absolute atomic E-state index is 14.2. The first-order valence-electron chi connectivity index (χ1n) is 10.1. The molecule has 0 aliphatic carbocycles. The lowest BCUT2D eigenvalue weighted by Crippen LogP contribution is -2.43. The van der Waals surface area contributed by atoms with Crippen molar-refractivity contribution in [1.82, 2.24) is 9.88 Å². The number of morpholine rings is 1. The molecule has 1 aromatic heterocycles. The molecule has 1 amide bonds. The van der Waals surface area contributed by atoms with Crippen molar-refractivity contribution in [3.8, 4) is 0 Å². The molecular weight excluding hydrogens is 421 g/mol. The number of hydrogen-bond acceptors (Lipinski definition) is 6. The monoisotopic (exact) mass is 445 g/mol. The van der Waals surface area contributed by atoms with E-state index in [1.165, 1.54) is 17.4 Å². The van der Waals surface area contributed by atoms with Crippen molar-refractivity contribution in [3.63, 3.8) is 0 Å². The Morgan fingerprint density at radius 1 is 1.27 bits per heavy atom. The quantitative estimate of drug-likeness (QED) is 0.500. The molecule has 1 saturated heterocycles. The van der Waals surface area contributed by atoms with E-state index in [1.807, 2.05) is 30.3 Å². The summed E-state index contributed by atoms with van der Waals surface area (Å²) >= 11 is 3.05. The molecule has 0 atom stereocenters. The number of fused-ring (bicyclic) bond motifs is 1. The van der Waals surface area contributed by atoms with Gasteiger partial charge in [0, 0.05) is 36.6 Å². The fourth-order valence-corrected chi connectivity index (χ4v) is 5.13. The van der Waals surface area contributed by atoms with E-state index in [-0.39, 0.29) is 11.7 Å². The number of aromatic nitrogens is 1. The first kappa shape index (κ1) is 21.2. The molecule has 2 aromatic carbocycles. The Bertz CT molecular complexity index is 1020. The van der Waals surface area contributed by atoms with Gasteiger partial charge in [-0.1, -0.05) is 30.4 Å². The summed E-state index contributed by atoms with van der Waals surface area (Å²) in [5, 5.41) is 0.530. The fraction of sp³-hybridized carbons (Fsp3) is 0.364. The smallest absolute Gasteiger partial charge is 0.260 e. The maximum atomic E-state index is 14.2. The number of rotatable bonds is 7. The molecule has 0 N–H and O–H groups in total. The zero-order valence-electron chi connectivity index (χ0n) is 16.8. The predicted octanol–water partition coefficient (Wildman–Crippen LogP) is 4.53. The number of amides is 1. The Morgan fingerprint density at radius 3 is 2.83 bits per heavy atom. The van der Waals surface area contributed by atoms with Gasteiger partial charge in [-0.2, -0.15) is 0 Å². The van der Waals surface area contributed by atoms with E-state index in [0.717, 1.165) is 35.0 Å². The number of anilines is 1. The van der Waals surface area contributed by atoms with Crippen LogP contribution in [0.4, 0.5) is 9.52 Å². The van der Waals surface area contributed by atoms with Crippen molar-refractivity contribution in [2.75, 3.05) is 50.0 Å². The number of nitrogens with zero attached hydrogens (tertiary/aromatic N) is 3. The highest BCUT2D eigenvalue weighted by Gasteiger charge is 2.23. The standard InChI is InChI=1S/C22H24FN3O2S2/c1-2-29-17-6-3-5-16(15-17)21(27)26(10-9-25-11-13-28-14-12-25)22-24-20-18(23)7-4-8-19(20)30-22/h3-8,15H,2,9-14H2,1H3. The molecular formula is C22H24FN3O2S2. The van der Waals surface area contributed by atoms with Gasteiger partial charge in [0.25, 0.3) is 5.91 Å². The van der Waals surface area contributed by atoms with Gasteiger partial charge in [0.15, 0.2) is 5.13 Å². The van der Waals surface area contributed by atoms with Gasteiger partial charge in [0.2, 0.25) is 0 Å². The number of hydrogen-bond donors (Lipinski definition) is 0. The van der Waals surface area contributed by atoms with E-state index in [0.29, 0.717) is 36.0 Å². The lowest BCUT2D eigenvalue weighted by molar-refractivity contribution is 0.0391. The highest BCUT2D eigenvalue weighted by Crippen LogP contribution is 2.31. The summed E-state index contributed by atoms with van der Waals surface area (Å²) in [4.78, 5) is 23.0. The molecule has 1 aliphatic heterocycles. The summed E-state index contributed by atoms with van der Waals surface area (Å²) in [5.41, 5.74) is 0.937. The van der Waals surface area contributed by atoms with Gasteiger partial charge >= 0.3 is 0 Å². The SMILES string of the molecule is CCSc1cccc(C(=O)N(CCN2CCOCC2)c2nc3c(F)cccc3s2)c1. The normalized spacial score (nSPS) is 14.9. The van der Waals surface area contributed by atoms with E-state index >= 15 is 0 Å². The van der Waals surface area contributed by atoms with Crippen molar-refractivity contribution in [1.29, 1.82) is 0 Å². The third kappa shape index (κ3) is 4.83. The Labute approximate surface area is 183 Å². The third-order valence-corrected chi connectivity index (χ3v) is 6.89. The number of thioether (sulfide) groups is 1. The van der Waals surface area contributed by atoms with Crippen molar-refractivity contribution in [2.24, 2.45) is 0 Å². The molecule has 3 aromatic rings. The second kappa shape index (κ2) is 9.87. The molecule has 0 bridgehead atoms. The fourth-order valence-electron chi connectivity index (χ4n) is 3.41. The Hall–Kier alpha value is -2.00. The molecule has 2 heterocycles. The largest absolute Gasteiger partial charge is 0.379 e. The topological polar surface area (TPSA) is 45.7 Å². The van der Waals surface area contributed by atoms with Crippen LogP contribution in [0.15, 0.2) is 47.4 Å². The average molecular weight is 446 g/mol. The van der Waals surface area contributed by atoms with Crippen LogP contribution in [0.1, 0.15) is 17.3 Å². The minimum Gasteiger partial charge on any atom is -0.379 e. The van der Waals surface area contributed by atoms with Crippen LogP contribution in [0.2, 0.25) is 0 Å². The summed E-state index contributed by atoms with van der Waals surface area (Å²) in [6, 6.07) is 12.6. The number of ether oxygens (including phenoxy) is 1. The summed E-state index contributed by atoms with van der Waals surface area (Å²) in [5.74, 6) is 0.466. The van der Waals surface area contributed by atoms with Crippen LogP contribution < -0.4 is 4.90 Å². The van der Waals surface area contributed by atoms with E-state index < -0.39 is 0 Å². The number of halogens is 1. The first-order chi connectivity index (χ1) is 14.7. The number of benzene rings is 2. The van der Waals surface area contributed by atoms with Gasteiger partial charge in [-0.05, 0) is 36.1 Å². The second-order valence-electron chi connectivity index (χ2n) is 6.95. The van der Waals surface area contributed by atoms with Crippen molar-refractivity contribution >= 4 is 44.4 Å². The summed E-state index contributed by atoms with van der Waals surface area (Å²) in [6.45, 7) is 6.40. The molecule has 0 radical (unpaired) electrons. The minimum atomic E-state index is -0.364. The van der Waals surface area contributed by atoms with Crippen LogP contribution in [-0.4, -0.2) is 60.9 Å². The molecule has 0 unspecified atom stereocenters. The Balaban J connectivity index is 1.64. The zero-order valence-corrected chi connectivity index (χ0v) is 18.5. The molecule has 8 heteroatoms. The van der Waals surface area contributed by atoms with Crippen LogP contribution >= 0.6 is 23.1 Å². The van der Waals surface area contributed by atoms with Crippen molar-refractivity contribution < 1.29 is 13.9 Å². The maximum Gasteiger partial charge on any atom is 0.260 e. The molecule has 0 spiro atoms. The number of thiazole rings is 1. The number of carbonyl (C=O) groups excluding carboxylic acids is 1. The predicted molar refractivity (Wildman–Crippen MR) is 121 cm³/mol.